The quantitative estimate of drug-likeness (QED) is 0.0308. The van der Waals surface area contributed by atoms with Crippen LogP contribution in [-0.2, 0) is 28.4 Å². The van der Waals surface area contributed by atoms with Gasteiger partial charge in [-0.3, -0.25) is 4.90 Å². The molecule has 13 N–H and O–H groups in total. The Labute approximate surface area is 724 Å². The Balaban J connectivity index is 0. The molecule has 5 aliphatic heterocycles. The van der Waals surface area contributed by atoms with Crippen LogP contribution in [0.25, 0.3) is 0 Å². The first-order valence-corrected chi connectivity index (χ1v) is 48.2. The first-order chi connectivity index (χ1) is 55.0. The number of halogens is 1. The molecule has 117 heavy (non-hydrogen) atoms. The molecular formula is C96H205FN10O10. The van der Waals surface area contributed by atoms with Crippen molar-refractivity contribution in [3.05, 3.63) is 0 Å². The van der Waals surface area contributed by atoms with Crippen molar-refractivity contribution in [2.75, 3.05) is 106 Å². The Morgan fingerprint density at radius 2 is 0.872 bits per heavy atom. The minimum absolute atomic E-state index is 0.0266. The fourth-order valence-corrected chi connectivity index (χ4v) is 14.3. The lowest BCUT2D eigenvalue weighted by atomic mass is 9.68. The third-order valence-electron chi connectivity index (χ3n) is 23.0. The number of nitrogens with one attached hydrogen (secondary N) is 9. The molecule has 21 heteroatoms. The predicted octanol–water partition coefficient (Wildman–Crippen LogP) is 16.6. The Kier molecular flexibility index (Phi) is 68.1. The zero-order valence-corrected chi connectivity index (χ0v) is 82.8. The summed E-state index contributed by atoms with van der Waals surface area (Å²) in [5.74, 6) is 0. The molecule has 12 rings (SSSR count). The number of hydrogen-bond acceptors (Lipinski definition) is 20. The largest absolute Gasteiger partial charge is 0.400 e. The highest BCUT2D eigenvalue weighted by Crippen LogP contribution is 2.46. The number of aliphatic hydroxyl groups excluding tert-OH is 4. The standard InChI is InChI=1S/C10H20O.C9H18O2.C8H16FN.C8H18N2.2C8H17N.C8H16O2.3C7H15NO.C7H15N.C6H13NO.C2H6.CH4O/c1-4-10(6-5-7-10)8-11-9(2)3;1-4-9(5-10-6-9)7-11-8(2)3;1-6(2)10-7-4-8(3,9)5-7;1-7(2)10-6-8-4-3-5-9-8;1-7(2)9-6-8(3)4-5-8;1-7(2)9-8-5-3-4-6-8;1-7(2)10-6-8(5-9)3-4-8;1-5(2)8-6-3-7(9)4-6;1-6(2)8-7-3-4-9-5-7;1-6(2)8-4-3-7(9)5-8;1-6(2)8-7-4-3-5-7;1-5(2)7-6-3-8-4-6;2*1-2/h9H,4-8H2,1-3H3;8H,4-7H2,1-3H3;6-7,10H,4-5H2,1-3H3;7-10H,3-6H2,1-2H3;7,9H,4-6H2,1-3H3;7-9H,3-6H2,1-2H3;7,9H,3-6H2,1-2H3;5-9H,3-4H2,1-2H3;6-8H,3-5H2,1-2H3;6-7,9H,3-5H2,1-2H3;6-8H,3-5H2,1-2H3;5-7H,3-4H2,1-2H3;1-2H3;2H,1H3. The van der Waals surface area contributed by atoms with Crippen molar-refractivity contribution in [3.8, 4) is 0 Å². The second-order valence-electron chi connectivity index (χ2n) is 40.2. The average molecular weight is 1680 g/mol. The van der Waals surface area contributed by atoms with Crippen molar-refractivity contribution >= 4 is 0 Å². The van der Waals surface area contributed by atoms with Crippen LogP contribution in [0.4, 0.5) is 4.39 Å². The molecule has 5 saturated heterocycles. The minimum atomic E-state index is -0.882. The smallest absolute Gasteiger partial charge is 0.111 e. The van der Waals surface area contributed by atoms with E-state index in [1.807, 2.05) is 27.7 Å². The fraction of sp³-hybridized carbons (Fsp3) is 1.00. The zero-order valence-electron chi connectivity index (χ0n) is 82.8. The Morgan fingerprint density at radius 1 is 0.444 bits per heavy atom. The van der Waals surface area contributed by atoms with Gasteiger partial charge in [-0.2, -0.15) is 0 Å². The molecule has 20 nitrogen and oxygen atoms in total. The van der Waals surface area contributed by atoms with Crippen LogP contribution in [0.5, 0.6) is 0 Å². The molecule has 0 aromatic rings. The van der Waals surface area contributed by atoms with E-state index in [9.17, 15) is 4.39 Å². The number of aliphatic hydroxyl groups is 4. The van der Waals surface area contributed by atoms with Gasteiger partial charge in [0.05, 0.1) is 96.0 Å². The molecule has 0 amide bonds. The van der Waals surface area contributed by atoms with Crippen LogP contribution in [0.15, 0.2) is 0 Å². The van der Waals surface area contributed by atoms with Crippen LogP contribution in [0.2, 0.25) is 0 Å². The zero-order chi connectivity index (χ0) is 89.4. The third-order valence-corrected chi connectivity index (χ3v) is 23.0. The van der Waals surface area contributed by atoms with Crippen LogP contribution < -0.4 is 47.9 Å². The van der Waals surface area contributed by atoms with Gasteiger partial charge in [-0.05, 0) is 208 Å². The lowest BCUT2D eigenvalue weighted by molar-refractivity contribution is -0.157. The molecule has 5 heterocycles. The molecular weight excluding hydrogens is 1470 g/mol. The lowest BCUT2D eigenvalue weighted by Gasteiger charge is -2.41. The molecule has 7 aliphatic carbocycles. The van der Waals surface area contributed by atoms with Crippen molar-refractivity contribution < 1.29 is 53.2 Å². The van der Waals surface area contributed by atoms with Gasteiger partial charge in [0, 0.05) is 141 Å². The van der Waals surface area contributed by atoms with E-state index in [0.717, 1.165) is 136 Å². The molecule has 0 aromatic carbocycles. The molecule has 706 valence electrons. The Hall–Kier alpha value is -0.870. The first-order valence-electron chi connectivity index (χ1n) is 48.2. The highest BCUT2D eigenvalue weighted by atomic mass is 19.1. The molecule has 7 saturated carbocycles. The van der Waals surface area contributed by atoms with Crippen molar-refractivity contribution in [1.29, 1.82) is 0 Å². The number of alkyl halides is 1. The molecule has 3 unspecified atom stereocenters. The van der Waals surface area contributed by atoms with E-state index in [0.29, 0.717) is 133 Å². The molecule has 12 aliphatic rings. The van der Waals surface area contributed by atoms with Crippen LogP contribution >= 0.6 is 0 Å². The SMILES string of the molecule is CC.CC(C)N1CCC(O)C1.CC(C)NC1CC(C)(F)C1.CC(C)NC1CC(O)C1.CC(C)NC1CCC1.CC(C)NC1CCCC1.CC(C)NC1CCOC1.CC(C)NC1COC1.CC(C)NCC1(C)CC1.CC(C)NCC1CCCN1.CC(C)OCC1(CO)CC1.CCC1(COC(C)C)CCC1.CCC1(COC(C)C)COC1.CO. The number of hydrogen-bond donors (Lipinski definition) is 13. The van der Waals surface area contributed by atoms with Crippen molar-refractivity contribution in [3.63, 3.8) is 0 Å². The molecule has 3 atom stereocenters. The summed E-state index contributed by atoms with van der Waals surface area (Å²) in [5, 5.41) is 64.6. The summed E-state index contributed by atoms with van der Waals surface area (Å²) in [6.07, 6.45) is 30.7. The number of β-amino-alcohol motifs (C(OH)–C–C–N with tert-alkyl or cyclic N) is 1. The first kappa shape index (κ1) is 118. The van der Waals surface area contributed by atoms with Crippen LogP contribution in [0, 0.1) is 21.7 Å². The number of ether oxygens (including phenoxy) is 6. The van der Waals surface area contributed by atoms with Crippen LogP contribution in [0.3, 0.4) is 0 Å². The minimum Gasteiger partial charge on any atom is -0.400 e. The van der Waals surface area contributed by atoms with Gasteiger partial charge in [-0.25, -0.2) is 4.39 Å². The predicted molar refractivity (Wildman–Crippen MR) is 499 cm³/mol. The maximum atomic E-state index is 12.9. The summed E-state index contributed by atoms with van der Waals surface area (Å²) < 4.78 is 44.8. The summed E-state index contributed by atoms with van der Waals surface area (Å²) in [4.78, 5) is 2.30. The normalized spacial score (nSPS) is 25.1. The number of likely N-dealkylation sites (tertiary alicyclic amines) is 1. The highest BCUT2D eigenvalue weighted by Gasteiger charge is 2.43. The van der Waals surface area contributed by atoms with E-state index in [4.69, 9.17) is 48.8 Å². The Morgan fingerprint density at radius 3 is 1.15 bits per heavy atom. The Bertz CT molecular complexity index is 2100. The van der Waals surface area contributed by atoms with Gasteiger partial charge in [0.15, 0.2) is 0 Å². The lowest BCUT2D eigenvalue weighted by Crippen LogP contribution is -2.51. The van der Waals surface area contributed by atoms with Crippen LogP contribution in [0.1, 0.15) is 362 Å². The monoisotopic (exact) mass is 1680 g/mol. The van der Waals surface area contributed by atoms with Gasteiger partial charge in [-0.1, -0.05) is 171 Å². The molecule has 12 fully saturated rings. The van der Waals surface area contributed by atoms with Crippen LogP contribution in [-0.4, -0.2) is 264 Å². The van der Waals surface area contributed by atoms with Crippen molar-refractivity contribution in [1.82, 2.24) is 52.8 Å². The van der Waals surface area contributed by atoms with E-state index in [-0.39, 0.29) is 17.6 Å². The summed E-state index contributed by atoms with van der Waals surface area (Å²) >= 11 is 0. The maximum absolute atomic E-state index is 12.9. The topological polar surface area (TPSA) is 248 Å². The van der Waals surface area contributed by atoms with E-state index < -0.39 is 5.67 Å². The molecule has 0 radical (unpaired) electrons. The summed E-state index contributed by atoms with van der Waals surface area (Å²) in [5.41, 5.74) is 0.871. The highest BCUT2D eigenvalue weighted by molar-refractivity contribution is 4.96. The third kappa shape index (κ3) is 64.5. The van der Waals surface area contributed by atoms with Crippen molar-refractivity contribution in [2.24, 2.45) is 21.7 Å². The van der Waals surface area contributed by atoms with Gasteiger partial charge in [-0.15, -0.1) is 0 Å². The fourth-order valence-electron chi connectivity index (χ4n) is 14.3. The van der Waals surface area contributed by atoms with E-state index in [1.54, 1.807) is 6.92 Å². The maximum Gasteiger partial charge on any atom is 0.111 e. The van der Waals surface area contributed by atoms with Gasteiger partial charge >= 0.3 is 0 Å². The summed E-state index contributed by atoms with van der Waals surface area (Å²) in [7, 11) is 1.00. The molecule has 0 bridgehead atoms. The molecule has 0 aromatic heterocycles. The van der Waals surface area contributed by atoms with E-state index in [1.165, 1.54) is 122 Å². The number of rotatable bonds is 31. The van der Waals surface area contributed by atoms with E-state index in [2.05, 4.69) is 226 Å². The van der Waals surface area contributed by atoms with Gasteiger partial charge in [0.25, 0.3) is 0 Å². The average Bonchev–Trinajstić information content (AvgIpc) is 1.79. The molecule has 0 spiro atoms. The van der Waals surface area contributed by atoms with Gasteiger partial charge < -0.3 is 96.7 Å². The number of nitrogens with zero attached hydrogens (tertiary/aromatic N) is 1. The van der Waals surface area contributed by atoms with E-state index >= 15 is 0 Å². The van der Waals surface area contributed by atoms with Crippen molar-refractivity contribution in [2.45, 2.75) is 495 Å². The second kappa shape index (κ2) is 67.4. The second-order valence-corrected chi connectivity index (χ2v) is 40.2. The van der Waals surface area contributed by atoms with Gasteiger partial charge in [0.1, 0.15) is 5.67 Å². The summed E-state index contributed by atoms with van der Waals surface area (Å²) in [6.45, 7) is 77.7. The van der Waals surface area contributed by atoms with Gasteiger partial charge in [0.2, 0.25) is 0 Å². The summed E-state index contributed by atoms with van der Waals surface area (Å²) in [6, 6.07) is 10.2.